The number of nitrogens with zero attached hydrogens (tertiary/aromatic N) is 2. The third-order valence-corrected chi connectivity index (χ3v) is 6.67. The predicted octanol–water partition coefficient (Wildman–Crippen LogP) is 3.28. The van der Waals surface area contributed by atoms with Gasteiger partial charge in [-0.15, -0.1) is 11.8 Å². The number of hydrogen-bond donors (Lipinski definition) is 2. The molecule has 0 saturated heterocycles. The quantitative estimate of drug-likeness (QED) is 0.781. The van der Waals surface area contributed by atoms with Gasteiger partial charge < -0.3 is 9.84 Å². The molecule has 1 unspecified atom stereocenters. The Morgan fingerprint density at radius 2 is 2.21 bits per heavy atom. The first-order valence-corrected chi connectivity index (χ1v) is 10.6. The minimum Gasteiger partial charge on any atom is -0.487 e. The van der Waals surface area contributed by atoms with E-state index in [1.807, 2.05) is 42.5 Å². The number of fused-ring (bicyclic) bond motifs is 2. The Hall–Kier alpha value is -2.87. The summed E-state index contributed by atoms with van der Waals surface area (Å²) in [7, 11) is 1.92. The van der Waals surface area contributed by atoms with E-state index in [2.05, 4.69) is 5.43 Å². The number of hydrogen-bond acceptors (Lipinski definition) is 6. The predicted molar refractivity (Wildman–Crippen MR) is 111 cm³/mol. The summed E-state index contributed by atoms with van der Waals surface area (Å²) in [5, 5.41) is 12.1. The summed E-state index contributed by atoms with van der Waals surface area (Å²) < 4.78 is 7.60. The molecule has 2 aliphatic heterocycles. The molecule has 0 bridgehead atoms. The maximum absolute atomic E-state index is 12.7. The highest BCUT2D eigenvalue weighted by molar-refractivity contribution is 7.99. The number of carboxylic acid groups (broad SMARTS) is 1. The second-order valence-corrected chi connectivity index (χ2v) is 8.59. The summed E-state index contributed by atoms with van der Waals surface area (Å²) in [6.07, 6.45) is 6.08. The molecular formula is C21H21N3O4S. The minimum atomic E-state index is -0.955. The van der Waals surface area contributed by atoms with Gasteiger partial charge in [-0.05, 0) is 36.5 Å². The molecule has 2 N–H and O–H groups in total. The lowest BCUT2D eigenvalue weighted by molar-refractivity contribution is -0.140. The molecule has 150 valence electrons. The van der Waals surface area contributed by atoms with Gasteiger partial charge in [0.2, 0.25) is 0 Å². The van der Waals surface area contributed by atoms with Gasteiger partial charge in [-0.1, -0.05) is 12.1 Å². The van der Waals surface area contributed by atoms with E-state index in [9.17, 15) is 14.7 Å². The number of pyridine rings is 1. The topological polar surface area (TPSA) is 83.8 Å². The van der Waals surface area contributed by atoms with Crippen molar-refractivity contribution in [1.82, 2.24) is 9.58 Å². The Kier molecular flexibility index (Phi) is 4.31. The fraction of sp³-hybridized carbons (Fsp3) is 0.333. The van der Waals surface area contributed by atoms with Crippen molar-refractivity contribution in [3.05, 3.63) is 57.5 Å². The van der Waals surface area contributed by atoms with E-state index in [1.165, 1.54) is 16.3 Å². The lowest BCUT2D eigenvalue weighted by Crippen LogP contribution is -2.29. The number of aromatic nitrogens is 1. The molecule has 8 heteroatoms. The molecule has 1 aromatic heterocycles. The van der Waals surface area contributed by atoms with E-state index in [4.69, 9.17) is 4.74 Å². The molecule has 0 spiro atoms. The van der Waals surface area contributed by atoms with Gasteiger partial charge in [0.25, 0.3) is 5.56 Å². The van der Waals surface area contributed by atoms with Gasteiger partial charge in [0.05, 0.1) is 5.03 Å². The molecule has 7 nitrogen and oxygen atoms in total. The molecule has 1 aliphatic carbocycles. The van der Waals surface area contributed by atoms with Crippen LogP contribution in [-0.4, -0.2) is 33.5 Å². The summed E-state index contributed by atoms with van der Waals surface area (Å²) in [6, 6.07) is 6.64. The van der Waals surface area contributed by atoms with E-state index in [0.717, 1.165) is 46.0 Å². The number of aliphatic carboxylic acids is 1. The molecule has 2 aromatic rings. The molecule has 0 radical (unpaired) electrons. The SMILES string of the molecule is CN1C=Cc2cccc(OCc3cc(=O)n4c(c3C3CC3)SCC4C(=O)O)c2N1. The monoisotopic (exact) mass is 411 g/mol. The maximum Gasteiger partial charge on any atom is 0.327 e. The van der Waals surface area contributed by atoms with Crippen molar-refractivity contribution < 1.29 is 14.6 Å². The second kappa shape index (κ2) is 6.88. The average molecular weight is 411 g/mol. The highest BCUT2D eigenvalue weighted by Crippen LogP contribution is 2.48. The maximum atomic E-state index is 12.7. The molecule has 1 atom stereocenters. The summed E-state index contributed by atoms with van der Waals surface area (Å²) in [5.74, 6) is 0.538. The van der Waals surface area contributed by atoms with E-state index in [-0.39, 0.29) is 12.2 Å². The molecular weight excluding hydrogens is 390 g/mol. The standard InChI is InChI=1S/C21H21N3O4S/c1-23-8-7-13-3-2-4-16(19(13)22-23)28-10-14-9-17(25)24-15(21(26)27)11-29-20(24)18(14)12-5-6-12/h2-4,7-9,12,15,22H,5-6,10-11H2,1H3,(H,26,27). The number of carboxylic acids is 1. The Morgan fingerprint density at radius 1 is 1.38 bits per heavy atom. The number of thioether (sulfide) groups is 1. The van der Waals surface area contributed by atoms with Crippen molar-refractivity contribution in [3.63, 3.8) is 0 Å². The number of ether oxygens (including phenoxy) is 1. The molecule has 3 aliphatic rings. The number of anilines is 1. The first kappa shape index (κ1) is 18.2. The van der Waals surface area contributed by atoms with E-state index < -0.39 is 12.0 Å². The zero-order chi connectivity index (χ0) is 20.1. The number of hydrazine groups is 1. The summed E-state index contributed by atoms with van der Waals surface area (Å²) in [5.41, 5.74) is 6.89. The number of nitrogens with one attached hydrogen (secondary N) is 1. The molecule has 1 fully saturated rings. The van der Waals surface area contributed by atoms with Crippen molar-refractivity contribution in [1.29, 1.82) is 0 Å². The van der Waals surface area contributed by atoms with Crippen LogP contribution in [0.5, 0.6) is 5.75 Å². The average Bonchev–Trinajstić information content (AvgIpc) is 3.42. The van der Waals surface area contributed by atoms with Crippen LogP contribution in [0.3, 0.4) is 0 Å². The van der Waals surface area contributed by atoms with Gasteiger partial charge >= 0.3 is 5.97 Å². The fourth-order valence-electron chi connectivity index (χ4n) is 3.94. The highest BCUT2D eigenvalue weighted by Gasteiger charge is 2.37. The molecule has 0 amide bonds. The van der Waals surface area contributed by atoms with Crippen molar-refractivity contribution in [2.24, 2.45) is 0 Å². The summed E-state index contributed by atoms with van der Waals surface area (Å²) in [4.78, 5) is 24.3. The van der Waals surface area contributed by atoms with Crippen molar-refractivity contribution >= 4 is 29.5 Å². The summed E-state index contributed by atoms with van der Waals surface area (Å²) >= 11 is 1.47. The summed E-state index contributed by atoms with van der Waals surface area (Å²) in [6.45, 7) is 0.277. The van der Waals surface area contributed by atoms with Crippen LogP contribution in [0.15, 0.2) is 40.3 Å². The van der Waals surface area contributed by atoms with E-state index in [0.29, 0.717) is 11.7 Å². The fourth-order valence-corrected chi connectivity index (χ4v) is 5.35. The number of para-hydroxylation sites is 1. The van der Waals surface area contributed by atoms with Gasteiger partial charge in [0, 0.05) is 36.2 Å². The molecule has 29 heavy (non-hydrogen) atoms. The Balaban J connectivity index is 1.49. The van der Waals surface area contributed by atoms with Crippen LogP contribution in [0.1, 0.15) is 41.5 Å². The third-order valence-electron chi connectivity index (χ3n) is 5.50. The lowest BCUT2D eigenvalue weighted by atomic mass is 10.1. The van der Waals surface area contributed by atoms with Gasteiger partial charge in [-0.3, -0.25) is 19.8 Å². The van der Waals surface area contributed by atoms with Crippen LogP contribution in [0.25, 0.3) is 6.08 Å². The van der Waals surface area contributed by atoms with Gasteiger partial charge in [-0.2, -0.15) is 0 Å². The van der Waals surface area contributed by atoms with E-state index >= 15 is 0 Å². The van der Waals surface area contributed by atoms with Crippen LogP contribution < -0.4 is 15.7 Å². The van der Waals surface area contributed by atoms with Gasteiger partial charge in [0.15, 0.2) is 0 Å². The van der Waals surface area contributed by atoms with Gasteiger partial charge in [-0.25, -0.2) is 4.79 Å². The third kappa shape index (κ3) is 3.17. The minimum absolute atomic E-state index is 0.267. The number of benzene rings is 1. The number of carbonyl (C=O) groups is 1. The highest BCUT2D eigenvalue weighted by atomic mass is 32.2. The first-order chi connectivity index (χ1) is 14.0. The van der Waals surface area contributed by atoms with Crippen LogP contribution in [-0.2, 0) is 11.4 Å². The first-order valence-electron chi connectivity index (χ1n) is 9.60. The van der Waals surface area contributed by atoms with Crippen LogP contribution in [0.2, 0.25) is 0 Å². The Morgan fingerprint density at radius 3 is 2.97 bits per heavy atom. The van der Waals surface area contributed by atoms with Gasteiger partial charge in [0.1, 0.15) is 24.1 Å². The van der Waals surface area contributed by atoms with Crippen molar-refractivity contribution in [2.75, 3.05) is 18.2 Å². The van der Waals surface area contributed by atoms with Crippen LogP contribution in [0.4, 0.5) is 5.69 Å². The van der Waals surface area contributed by atoms with Crippen LogP contribution >= 0.6 is 11.8 Å². The molecule has 1 aromatic carbocycles. The smallest absolute Gasteiger partial charge is 0.327 e. The molecule has 1 saturated carbocycles. The molecule has 3 heterocycles. The zero-order valence-corrected chi connectivity index (χ0v) is 16.7. The normalized spacial score (nSPS) is 19.5. The number of rotatable bonds is 5. The van der Waals surface area contributed by atoms with Crippen LogP contribution in [0, 0.1) is 0 Å². The van der Waals surface area contributed by atoms with E-state index in [1.54, 1.807) is 6.07 Å². The molecule has 5 rings (SSSR count). The lowest BCUT2D eigenvalue weighted by Gasteiger charge is -2.25. The zero-order valence-electron chi connectivity index (χ0n) is 15.9. The largest absolute Gasteiger partial charge is 0.487 e. The van der Waals surface area contributed by atoms with Crippen molar-refractivity contribution in [3.8, 4) is 5.75 Å². The second-order valence-electron chi connectivity index (χ2n) is 7.58. The Bertz CT molecular complexity index is 1090. The Labute approximate surface area is 171 Å². The van der Waals surface area contributed by atoms with Crippen molar-refractivity contribution in [2.45, 2.75) is 36.4 Å².